The van der Waals surface area contributed by atoms with Crippen LogP contribution in [0.2, 0.25) is 0 Å². The van der Waals surface area contributed by atoms with Gasteiger partial charge in [0.2, 0.25) is 15.9 Å². The highest BCUT2D eigenvalue weighted by Gasteiger charge is 2.22. The van der Waals surface area contributed by atoms with Crippen LogP contribution in [0, 0.1) is 23.0 Å². The summed E-state index contributed by atoms with van der Waals surface area (Å²) in [4.78, 5) is 12.1. The van der Waals surface area contributed by atoms with Crippen molar-refractivity contribution in [2.24, 2.45) is 0 Å². The van der Waals surface area contributed by atoms with Crippen LogP contribution < -0.4 is 9.62 Å². The number of carbonyl (C=O) groups excluding carboxylic acids is 1. The van der Waals surface area contributed by atoms with Crippen molar-refractivity contribution in [2.75, 3.05) is 22.4 Å². The highest BCUT2D eigenvalue weighted by atomic mass is 32.2. The predicted molar refractivity (Wildman–Crippen MR) is 88.3 cm³/mol. The second-order valence-electron chi connectivity index (χ2n) is 5.11. The second kappa shape index (κ2) is 7.27. The normalized spacial score (nSPS) is 10.8. The van der Waals surface area contributed by atoms with Crippen LogP contribution in [-0.4, -0.2) is 27.1 Å². The summed E-state index contributed by atoms with van der Waals surface area (Å²) in [6.45, 7) is -0.621. The zero-order valence-electron chi connectivity index (χ0n) is 13.0. The molecular weight excluding hydrogens is 352 g/mol. The number of hydrogen-bond acceptors (Lipinski definition) is 4. The van der Waals surface area contributed by atoms with Gasteiger partial charge in [-0.15, -0.1) is 0 Å². The summed E-state index contributed by atoms with van der Waals surface area (Å²) in [5.41, 5.74) is 0.594. The SMILES string of the molecule is CS(=O)(=O)N(CC(=O)Nc1ccc(C#N)cc1)c1ccc(F)c(F)c1. The standard InChI is InChI=1S/C16H13F2N3O3S/c1-25(23,24)21(13-6-7-14(17)15(18)8-13)10-16(22)20-12-4-2-11(9-19)3-5-12/h2-8H,10H2,1H3,(H,20,22). The molecule has 25 heavy (non-hydrogen) atoms. The van der Waals surface area contributed by atoms with Gasteiger partial charge < -0.3 is 5.32 Å². The van der Waals surface area contributed by atoms with Crippen LogP contribution in [0.1, 0.15) is 5.56 Å². The molecule has 6 nitrogen and oxygen atoms in total. The zero-order valence-corrected chi connectivity index (χ0v) is 13.8. The van der Waals surface area contributed by atoms with Gasteiger partial charge in [0.1, 0.15) is 6.54 Å². The fraction of sp³-hybridized carbons (Fsp3) is 0.125. The van der Waals surface area contributed by atoms with Crippen molar-refractivity contribution in [1.82, 2.24) is 0 Å². The molecule has 0 radical (unpaired) electrons. The van der Waals surface area contributed by atoms with E-state index >= 15 is 0 Å². The lowest BCUT2D eigenvalue weighted by Gasteiger charge is -2.22. The average molecular weight is 365 g/mol. The van der Waals surface area contributed by atoms with Gasteiger partial charge in [-0.05, 0) is 36.4 Å². The van der Waals surface area contributed by atoms with E-state index in [9.17, 15) is 22.0 Å². The van der Waals surface area contributed by atoms with Gasteiger partial charge in [-0.3, -0.25) is 9.10 Å². The average Bonchev–Trinajstić information content (AvgIpc) is 2.55. The number of hydrogen-bond donors (Lipinski definition) is 1. The summed E-state index contributed by atoms with van der Waals surface area (Å²) in [5.74, 6) is -3.03. The molecule has 0 bridgehead atoms. The number of halogens is 2. The molecule has 2 rings (SSSR count). The first-order chi connectivity index (χ1) is 11.7. The van der Waals surface area contributed by atoms with Crippen molar-refractivity contribution < 1.29 is 22.0 Å². The van der Waals surface area contributed by atoms with Gasteiger partial charge in [0.15, 0.2) is 11.6 Å². The minimum Gasteiger partial charge on any atom is -0.325 e. The van der Waals surface area contributed by atoms with E-state index in [1.807, 2.05) is 6.07 Å². The Morgan fingerprint density at radius 3 is 2.32 bits per heavy atom. The molecule has 0 fully saturated rings. The number of rotatable bonds is 5. The molecule has 1 amide bonds. The van der Waals surface area contributed by atoms with Crippen LogP contribution in [0.25, 0.3) is 0 Å². The molecule has 0 aliphatic carbocycles. The van der Waals surface area contributed by atoms with E-state index in [0.29, 0.717) is 21.6 Å². The number of benzene rings is 2. The molecule has 0 atom stereocenters. The molecule has 9 heteroatoms. The Morgan fingerprint density at radius 2 is 1.80 bits per heavy atom. The van der Waals surface area contributed by atoms with Gasteiger partial charge in [-0.1, -0.05) is 0 Å². The summed E-state index contributed by atoms with van der Waals surface area (Å²) in [6.07, 6.45) is 0.850. The predicted octanol–water partition coefficient (Wildman–Crippen LogP) is 2.24. The third-order valence-corrected chi connectivity index (χ3v) is 4.32. The van der Waals surface area contributed by atoms with Crippen LogP contribution in [0.15, 0.2) is 42.5 Å². The minimum absolute atomic E-state index is 0.170. The number of nitriles is 1. The van der Waals surface area contributed by atoms with E-state index in [1.54, 1.807) is 0 Å². The van der Waals surface area contributed by atoms with Crippen LogP contribution in [0.5, 0.6) is 0 Å². The molecule has 2 aromatic rings. The maximum Gasteiger partial charge on any atom is 0.245 e. The Morgan fingerprint density at radius 1 is 1.16 bits per heavy atom. The van der Waals surface area contributed by atoms with E-state index in [1.165, 1.54) is 24.3 Å². The number of nitrogens with one attached hydrogen (secondary N) is 1. The Labute approximate surface area is 143 Å². The van der Waals surface area contributed by atoms with Crippen LogP contribution >= 0.6 is 0 Å². The molecule has 0 heterocycles. The van der Waals surface area contributed by atoms with Crippen LogP contribution in [0.4, 0.5) is 20.2 Å². The summed E-state index contributed by atoms with van der Waals surface area (Å²) < 4.78 is 50.8. The lowest BCUT2D eigenvalue weighted by atomic mass is 10.2. The summed E-state index contributed by atoms with van der Waals surface area (Å²) in [7, 11) is -3.91. The van der Waals surface area contributed by atoms with Gasteiger partial charge in [-0.2, -0.15) is 5.26 Å². The minimum atomic E-state index is -3.91. The summed E-state index contributed by atoms with van der Waals surface area (Å²) >= 11 is 0. The molecule has 0 unspecified atom stereocenters. The fourth-order valence-corrected chi connectivity index (χ4v) is 2.85. The van der Waals surface area contributed by atoms with E-state index < -0.39 is 34.1 Å². The summed E-state index contributed by atoms with van der Waals surface area (Å²) in [5, 5.41) is 11.2. The fourth-order valence-electron chi connectivity index (χ4n) is 2.00. The molecule has 0 saturated heterocycles. The largest absolute Gasteiger partial charge is 0.325 e. The van der Waals surface area contributed by atoms with Crippen LogP contribution in [-0.2, 0) is 14.8 Å². The van der Waals surface area contributed by atoms with Crippen molar-refractivity contribution >= 4 is 27.3 Å². The van der Waals surface area contributed by atoms with E-state index in [-0.39, 0.29) is 5.69 Å². The maximum absolute atomic E-state index is 13.4. The van der Waals surface area contributed by atoms with Crippen molar-refractivity contribution in [3.63, 3.8) is 0 Å². The number of amides is 1. The molecule has 130 valence electrons. The first-order valence-corrected chi connectivity index (χ1v) is 8.78. The van der Waals surface area contributed by atoms with Gasteiger partial charge in [-0.25, -0.2) is 17.2 Å². The monoisotopic (exact) mass is 365 g/mol. The van der Waals surface area contributed by atoms with Crippen molar-refractivity contribution in [3.05, 3.63) is 59.7 Å². The lowest BCUT2D eigenvalue weighted by molar-refractivity contribution is -0.114. The zero-order chi connectivity index (χ0) is 18.6. The van der Waals surface area contributed by atoms with E-state index in [2.05, 4.69) is 5.32 Å². The molecule has 0 aliphatic rings. The van der Waals surface area contributed by atoms with Gasteiger partial charge >= 0.3 is 0 Å². The molecule has 0 aliphatic heterocycles. The molecular formula is C16H13F2N3O3S. The first-order valence-electron chi connectivity index (χ1n) is 6.93. The van der Waals surface area contributed by atoms with Crippen molar-refractivity contribution in [2.45, 2.75) is 0 Å². The topological polar surface area (TPSA) is 90.3 Å². The smallest absolute Gasteiger partial charge is 0.245 e. The molecule has 0 spiro atoms. The first kappa shape index (κ1) is 18.4. The molecule has 0 saturated carbocycles. The third kappa shape index (κ3) is 4.74. The van der Waals surface area contributed by atoms with Crippen molar-refractivity contribution in [1.29, 1.82) is 5.26 Å². The maximum atomic E-state index is 13.4. The number of carbonyl (C=O) groups is 1. The summed E-state index contributed by atoms with van der Waals surface area (Å²) in [6, 6.07) is 10.4. The van der Waals surface area contributed by atoms with E-state index in [0.717, 1.165) is 18.4 Å². The van der Waals surface area contributed by atoms with Gasteiger partial charge in [0, 0.05) is 11.8 Å². The van der Waals surface area contributed by atoms with Gasteiger partial charge in [0.25, 0.3) is 0 Å². The third-order valence-electron chi connectivity index (χ3n) is 3.18. The second-order valence-corrected chi connectivity index (χ2v) is 7.01. The quantitative estimate of drug-likeness (QED) is 0.880. The Hall–Kier alpha value is -2.99. The van der Waals surface area contributed by atoms with Crippen LogP contribution in [0.3, 0.4) is 0 Å². The van der Waals surface area contributed by atoms with Gasteiger partial charge in [0.05, 0.1) is 23.6 Å². The van der Waals surface area contributed by atoms with E-state index in [4.69, 9.17) is 5.26 Å². The lowest BCUT2D eigenvalue weighted by Crippen LogP contribution is -2.37. The Kier molecular flexibility index (Phi) is 5.34. The Bertz CT molecular complexity index is 938. The van der Waals surface area contributed by atoms with Crippen molar-refractivity contribution in [3.8, 4) is 6.07 Å². The number of anilines is 2. The highest BCUT2D eigenvalue weighted by molar-refractivity contribution is 7.92. The number of sulfonamides is 1. The number of nitrogens with zero attached hydrogens (tertiary/aromatic N) is 2. The molecule has 1 N–H and O–H groups in total. The highest BCUT2D eigenvalue weighted by Crippen LogP contribution is 2.20. The molecule has 2 aromatic carbocycles. The Balaban J connectivity index is 2.20. The molecule has 0 aromatic heterocycles.